The van der Waals surface area contributed by atoms with Crippen molar-refractivity contribution in [2.75, 3.05) is 5.32 Å². The molecule has 0 saturated carbocycles. The number of hydrogen-bond acceptors (Lipinski definition) is 3. The molecule has 1 N–H and O–H groups in total. The molecule has 116 valence electrons. The fraction of sp³-hybridized carbons (Fsp3) is 0.294. The quantitative estimate of drug-likeness (QED) is 0.931. The standard InChI is InChI=1S/C17H21N3O2/c1-5-14-12-20(11-13-9-7-6-8-10-13)15(18-14)19-16(21)22-17(2,3)4/h5-10,12H,1,11H2,2-4H3,(H,18,19,21). The van der Waals surface area contributed by atoms with Crippen LogP contribution in [0.25, 0.3) is 6.08 Å². The molecular weight excluding hydrogens is 278 g/mol. The molecule has 2 rings (SSSR count). The Kier molecular flexibility index (Phi) is 4.65. The van der Waals surface area contributed by atoms with E-state index in [2.05, 4.69) is 16.9 Å². The molecule has 0 saturated heterocycles. The summed E-state index contributed by atoms with van der Waals surface area (Å²) in [6.45, 7) is 9.77. The summed E-state index contributed by atoms with van der Waals surface area (Å²) in [5.41, 5.74) is 1.26. The molecule has 1 amide bonds. The van der Waals surface area contributed by atoms with Gasteiger partial charge in [-0.05, 0) is 32.4 Å². The number of benzene rings is 1. The van der Waals surface area contributed by atoms with Gasteiger partial charge in [-0.1, -0.05) is 36.9 Å². The van der Waals surface area contributed by atoms with Crippen LogP contribution in [0, 0.1) is 0 Å². The Labute approximate surface area is 130 Å². The normalized spacial score (nSPS) is 11.0. The Morgan fingerprint density at radius 1 is 1.36 bits per heavy atom. The van der Waals surface area contributed by atoms with E-state index in [1.54, 1.807) is 6.08 Å². The van der Waals surface area contributed by atoms with Crippen LogP contribution in [0.4, 0.5) is 10.7 Å². The molecule has 5 nitrogen and oxygen atoms in total. The molecule has 0 radical (unpaired) electrons. The molecule has 5 heteroatoms. The topological polar surface area (TPSA) is 56.2 Å². The molecule has 22 heavy (non-hydrogen) atoms. The second-order valence-electron chi connectivity index (χ2n) is 5.93. The van der Waals surface area contributed by atoms with Crippen LogP contribution in [-0.2, 0) is 11.3 Å². The van der Waals surface area contributed by atoms with Crippen molar-refractivity contribution < 1.29 is 9.53 Å². The van der Waals surface area contributed by atoms with E-state index in [1.165, 1.54) is 0 Å². The van der Waals surface area contributed by atoms with Crippen LogP contribution in [-0.4, -0.2) is 21.2 Å². The van der Waals surface area contributed by atoms with Crippen molar-refractivity contribution in [2.24, 2.45) is 0 Å². The smallest absolute Gasteiger partial charge is 0.414 e. The molecule has 0 spiro atoms. The summed E-state index contributed by atoms with van der Waals surface area (Å²) in [4.78, 5) is 16.2. The maximum atomic E-state index is 11.9. The Hall–Kier alpha value is -2.56. The Bertz CT molecular complexity index is 654. The van der Waals surface area contributed by atoms with Crippen molar-refractivity contribution in [3.63, 3.8) is 0 Å². The average Bonchev–Trinajstić information content (AvgIpc) is 2.80. The first-order valence-corrected chi connectivity index (χ1v) is 7.11. The van der Waals surface area contributed by atoms with Crippen molar-refractivity contribution in [3.05, 3.63) is 54.4 Å². The number of hydrogen-bond donors (Lipinski definition) is 1. The highest BCUT2D eigenvalue weighted by Gasteiger charge is 2.18. The molecule has 0 aliphatic carbocycles. The second-order valence-corrected chi connectivity index (χ2v) is 5.93. The minimum absolute atomic E-state index is 0.438. The maximum Gasteiger partial charge on any atom is 0.414 e. The van der Waals surface area contributed by atoms with Gasteiger partial charge in [0.15, 0.2) is 0 Å². The lowest BCUT2D eigenvalue weighted by Crippen LogP contribution is -2.28. The third kappa shape index (κ3) is 4.48. The Morgan fingerprint density at radius 3 is 2.64 bits per heavy atom. The first-order chi connectivity index (χ1) is 10.4. The summed E-state index contributed by atoms with van der Waals surface area (Å²) in [6.07, 6.45) is 2.96. The fourth-order valence-corrected chi connectivity index (χ4v) is 1.93. The molecule has 2 aromatic rings. The van der Waals surface area contributed by atoms with Gasteiger partial charge >= 0.3 is 6.09 Å². The lowest BCUT2D eigenvalue weighted by atomic mass is 10.2. The third-order valence-electron chi connectivity index (χ3n) is 2.81. The summed E-state index contributed by atoms with van der Waals surface area (Å²) in [5, 5.41) is 2.68. The lowest BCUT2D eigenvalue weighted by Gasteiger charge is -2.19. The minimum Gasteiger partial charge on any atom is -0.444 e. The average molecular weight is 299 g/mol. The van der Waals surface area contributed by atoms with Gasteiger partial charge in [0, 0.05) is 6.20 Å². The van der Waals surface area contributed by atoms with Gasteiger partial charge in [0.2, 0.25) is 5.95 Å². The van der Waals surface area contributed by atoms with Gasteiger partial charge in [-0.3, -0.25) is 5.32 Å². The van der Waals surface area contributed by atoms with Crippen LogP contribution < -0.4 is 5.32 Å². The molecular formula is C17H21N3O2. The number of nitrogens with one attached hydrogen (secondary N) is 1. The van der Waals surface area contributed by atoms with Crippen LogP contribution in [0.5, 0.6) is 0 Å². The predicted molar refractivity (Wildman–Crippen MR) is 87.7 cm³/mol. The summed E-state index contributed by atoms with van der Waals surface area (Å²) >= 11 is 0. The first kappa shape index (κ1) is 15.8. The van der Waals surface area contributed by atoms with Crippen LogP contribution in [0.3, 0.4) is 0 Å². The summed E-state index contributed by atoms with van der Waals surface area (Å²) < 4.78 is 7.12. The predicted octanol–water partition coefficient (Wildman–Crippen LogP) is 3.92. The van der Waals surface area contributed by atoms with E-state index in [4.69, 9.17) is 4.74 Å². The van der Waals surface area contributed by atoms with Crippen molar-refractivity contribution in [1.29, 1.82) is 0 Å². The van der Waals surface area contributed by atoms with Gasteiger partial charge in [0.25, 0.3) is 0 Å². The van der Waals surface area contributed by atoms with Crippen LogP contribution in [0.15, 0.2) is 43.1 Å². The van der Waals surface area contributed by atoms with Crippen molar-refractivity contribution in [2.45, 2.75) is 32.9 Å². The zero-order chi connectivity index (χ0) is 16.2. The third-order valence-corrected chi connectivity index (χ3v) is 2.81. The lowest BCUT2D eigenvalue weighted by molar-refractivity contribution is 0.0634. The molecule has 1 aromatic carbocycles. The zero-order valence-electron chi connectivity index (χ0n) is 13.2. The number of nitrogens with zero attached hydrogens (tertiary/aromatic N) is 2. The molecule has 0 atom stereocenters. The molecule has 0 bridgehead atoms. The highest BCUT2D eigenvalue weighted by atomic mass is 16.6. The number of aromatic nitrogens is 2. The number of carbonyl (C=O) groups excluding carboxylic acids is 1. The fourth-order valence-electron chi connectivity index (χ4n) is 1.93. The molecule has 0 fully saturated rings. The first-order valence-electron chi connectivity index (χ1n) is 7.11. The number of amides is 1. The van der Waals surface area contributed by atoms with Crippen LogP contribution in [0.2, 0.25) is 0 Å². The van der Waals surface area contributed by atoms with Gasteiger partial charge in [-0.2, -0.15) is 0 Å². The maximum absolute atomic E-state index is 11.9. The van der Waals surface area contributed by atoms with Gasteiger partial charge in [-0.15, -0.1) is 0 Å². The number of rotatable bonds is 4. The van der Waals surface area contributed by atoms with Gasteiger partial charge in [0.1, 0.15) is 5.60 Å². The Balaban J connectivity index is 2.18. The minimum atomic E-state index is -0.553. The van der Waals surface area contributed by atoms with Crippen molar-refractivity contribution in [1.82, 2.24) is 9.55 Å². The van der Waals surface area contributed by atoms with E-state index in [-0.39, 0.29) is 0 Å². The van der Waals surface area contributed by atoms with Crippen molar-refractivity contribution >= 4 is 18.1 Å². The largest absolute Gasteiger partial charge is 0.444 e. The molecule has 0 aliphatic rings. The number of imidazole rings is 1. The highest BCUT2D eigenvalue weighted by molar-refractivity contribution is 5.83. The van der Waals surface area contributed by atoms with Gasteiger partial charge in [0.05, 0.1) is 12.2 Å². The van der Waals surface area contributed by atoms with Gasteiger partial charge in [-0.25, -0.2) is 9.78 Å². The summed E-state index contributed by atoms with van der Waals surface area (Å²) in [6, 6.07) is 9.95. The second kappa shape index (κ2) is 6.47. The monoisotopic (exact) mass is 299 g/mol. The van der Waals surface area contributed by atoms with E-state index in [0.29, 0.717) is 18.2 Å². The van der Waals surface area contributed by atoms with E-state index in [9.17, 15) is 4.79 Å². The van der Waals surface area contributed by atoms with Crippen LogP contribution in [0.1, 0.15) is 32.0 Å². The molecule has 0 unspecified atom stereocenters. The molecule has 1 heterocycles. The van der Waals surface area contributed by atoms with E-state index >= 15 is 0 Å². The number of anilines is 1. The summed E-state index contributed by atoms with van der Waals surface area (Å²) in [7, 11) is 0. The van der Waals surface area contributed by atoms with Crippen molar-refractivity contribution in [3.8, 4) is 0 Å². The zero-order valence-corrected chi connectivity index (χ0v) is 13.2. The molecule has 0 aliphatic heterocycles. The van der Waals surface area contributed by atoms with E-state index in [0.717, 1.165) is 5.56 Å². The SMILES string of the molecule is C=Cc1cn(Cc2ccccc2)c(NC(=O)OC(C)(C)C)n1. The Morgan fingerprint density at radius 2 is 2.05 bits per heavy atom. The molecule has 1 aromatic heterocycles. The number of carbonyl (C=O) groups is 1. The number of ether oxygens (including phenoxy) is 1. The van der Waals surface area contributed by atoms with Crippen LogP contribution >= 0.6 is 0 Å². The van der Waals surface area contributed by atoms with E-state index in [1.807, 2.05) is 61.9 Å². The summed E-state index contributed by atoms with van der Waals surface area (Å²) in [5.74, 6) is 0.438. The highest BCUT2D eigenvalue weighted by Crippen LogP contribution is 2.15. The van der Waals surface area contributed by atoms with E-state index < -0.39 is 11.7 Å². The van der Waals surface area contributed by atoms with Gasteiger partial charge < -0.3 is 9.30 Å².